The van der Waals surface area contributed by atoms with E-state index < -0.39 is 0 Å². The van der Waals surface area contributed by atoms with Gasteiger partial charge in [0.1, 0.15) is 6.33 Å². The van der Waals surface area contributed by atoms with Gasteiger partial charge in [0, 0.05) is 20.1 Å². The van der Waals surface area contributed by atoms with Gasteiger partial charge in [-0.2, -0.15) is 14.6 Å². The zero-order chi connectivity index (χ0) is 20.9. The lowest BCUT2D eigenvalue weighted by molar-refractivity contribution is 0.0773. The van der Waals surface area contributed by atoms with E-state index in [4.69, 9.17) is 4.42 Å². The third kappa shape index (κ3) is 4.41. The summed E-state index contributed by atoms with van der Waals surface area (Å²) in [5, 5.41) is 4.20. The third-order valence-electron chi connectivity index (χ3n) is 5.06. The molecule has 0 fully saturated rings. The number of hydrogen-bond donors (Lipinski definition) is 0. The maximum absolute atomic E-state index is 13.3. The molecule has 0 spiro atoms. The van der Waals surface area contributed by atoms with Gasteiger partial charge in [0.25, 0.3) is 5.91 Å². The summed E-state index contributed by atoms with van der Waals surface area (Å²) in [6.45, 7) is 1.84. The van der Waals surface area contributed by atoms with Crippen molar-refractivity contribution in [3.8, 4) is 0 Å². The third-order valence-corrected chi connectivity index (χ3v) is 5.06. The highest BCUT2D eigenvalue weighted by Gasteiger charge is 2.26. The fourth-order valence-corrected chi connectivity index (χ4v) is 3.45. The van der Waals surface area contributed by atoms with Gasteiger partial charge in [-0.1, -0.05) is 60.7 Å². The molecule has 154 valence electrons. The Morgan fingerprint density at radius 3 is 2.33 bits per heavy atom. The molecule has 7 nitrogen and oxygen atoms in total. The van der Waals surface area contributed by atoms with Crippen LogP contribution in [0.5, 0.6) is 0 Å². The first kappa shape index (κ1) is 19.8. The van der Waals surface area contributed by atoms with E-state index in [-0.39, 0.29) is 5.91 Å². The van der Waals surface area contributed by atoms with Crippen LogP contribution in [0.25, 0.3) is 5.84 Å². The SMILES string of the molecule is CN(CCc1ccccc1)Cc1oc2ncnn2c1C(=O)N(C)Cc1ccccc1. The lowest BCUT2D eigenvalue weighted by Crippen LogP contribution is -2.29. The number of benzene rings is 2. The van der Waals surface area contributed by atoms with Crippen molar-refractivity contribution in [2.75, 3.05) is 20.6 Å². The molecule has 0 saturated heterocycles. The van der Waals surface area contributed by atoms with Crippen LogP contribution in [0, 0.1) is 0 Å². The largest absolute Gasteiger partial charge is 0.425 e. The van der Waals surface area contributed by atoms with E-state index in [9.17, 15) is 4.79 Å². The molecular weight excluding hydrogens is 378 g/mol. The number of fused-ring (bicyclic) bond motifs is 1. The maximum atomic E-state index is 13.3. The number of amides is 1. The molecule has 0 bridgehead atoms. The van der Waals surface area contributed by atoms with Crippen LogP contribution in [0.1, 0.15) is 27.4 Å². The predicted molar refractivity (Wildman–Crippen MR) is 114 cm³/mol. The van der Waals surface area contributed by atoms with Gasteiger partial charge in [-0.3, -0.25) is 9.69 Å². The van der Waals surface area contributed by atoms with Crippen LogP contribution in [0.15, 0.2) is 71.4 Å². The summed E-state index contributed by atoms with van der Waals surface area (Å²) >= 11 is 0. The second-order valence-corrected chi connectivity index (χ2v) is 7.45. The van der Waals surface area contributed by atoms with Crippen molar-refractivity contribution in [3.63, 3.8) is 0 Å². The Labute approximate surface area is 175 Å². The van der Waals surface area contributed by atoms with Crippen LogP contribution in [-0.2, 0) is 19.5 Å². The van der Waals surface area contributed by atoms with Crippen LogP contribution >= 0.6 is 0 Å². The van der Waals surface area contributed by atoms with Gasteiger partial charge in [-0.15, -0.1) is 0 Å². The van der Waals surface area contributed by atoms with Crippen LogP contribution in [0.4, 0.5) is 0 Å². The van der Waals surface area contributed by atoms with Crippen molar-refractivity contribution in [1.29, 1.82) is 0 Å². The molecule has 0 aliphatic carbocycles. The smallest absolute Gasteiger partial charge is 0.325 e. The first-order valence-electron chi connectivity index (χ1n) is 9.95. The lowest BCUT2D eigenvalue weighted by atomic mass is 10.1. The molecule has 0 atom stereocenters. The van der Waals surface area contributed by atoms with Crippen molar-refractivity contribution in [3.05, 3.63) is 89.6 Å². The van der Waals surface area contributed by atoms with Crippen molar-refractivity contribution in [2.24, 2.45) is 0 Å². The number of nitrogens with zero attached hydrogens (tertiary/aromatic N) is 5. The van der Waals surface area contributed by atoms with Gasteiger partial charge in [-0.25, -0.2) is 0 Å². The van der Waals surface area contributed by atoms with Gasteiger partial charge in [0.05, 0.1) is 6.54 Å². The highest BCUT2D eigenvalue weighted by Crippen LogP contribution is 2.19. The molecule has 2 heterocycles. The van der Waals surface area contributed by atoms with Gasteiger partial charge >= 0.3 is 5.84 Å². The van der Waals surface area contributed by atoms with E-state index in [0.29, 0.717) is 30.4 Å². The minimum absolute atomic E-state index is 0.144. The molecule has 0 saturated carbocycles. The standard InChI is InChI=1S/C23H25N5O2/c1-26(14-13-18-9-5-3-6-10-18)16-20-21(28-23(30-20)24-17-25-28)22(29)27(2)15-19-11-7-4-8-12-19/h3-12,17H,13-16H2,1-2H3. The molecule has 4 aromatic rings. The molecule has 2 aromatic heterocycles. The van der Waals surface area contributed by atoms with E-state index >= 15 is 0 Å². The number of rotatable bonds is 8. The highest BCUT2D eigenvalue weighted by molar-refractivity contribution is 5.93. The summed E-state index contributed by atoms with van der Waals surface area (Å²) < 4.78 is 7.37. The summed E-state index contributed by atoms with van der Waals surface area (Å²) in [5.41, 5.74) is 2.76. The van der Waals surface area contributed by atoms with E-state index in [2.05, 4.69) is 27.1 Å². The highest BCUT2D eigenvalue weighted by atomic mass is 16.4. The minimum atomic E-state index is -0.144. The summed E-state index contributed by atoms with van der Waals surface area (Å²) in [7, 11) is 3.80. The Morgan fingerprint density at radius 2 is 1.63 bits per heavy atom. The van der Waals surface area contributed by atoms with Crippen LogP contribution in [0.3, 0.4) is 0 Å². The number of aromatic nitrogens is 3. The Balaban J connectivity index is 1.50. The van der Waals surface area contributed by atoms with Crippen LogP contribution in [-0.4, -0.2) is 50.9 Å². The molecule has 0 radical (unpaired) electrons. The van der Waals surface area contributed by atoms with Crippen molar-refractivity contribution in [1.82, 2.24) is 24.4 Å². The molecule has 0 aliphatic heterocycles. The number of oxazole rings is 1. The molecule has 0 unspecified atom stereocenters. The van der Waals surface area contributed by atoms with Gasteiger partial charge < -0.3 is 9.32 Å². The fraction of sp³-hybridized carbons (Fsp3) is 0.261. The van der Waals surface area contributed by atoms with E-state index in [1.165, 1.54) is 16.4 Å². The topological polar surface area (TPSA) is 66.9 Å². The number of likely N-dealkylation sites (N-methyl/N-ethyl adjacent to an activating group) is 1. The monoisotopic (exact) mass is 403 g/mol. The maximum Gasteiger partial charge on any atom is 0.325 e. The average molecular weight is 403 g/mol. The Kier molecular flexibility index (Phi) is 5.90. The summed E-state index contributed by atoms with van der Waals surface area (Å²) in [5.74, 6) is 0.763. The van der Waals surface area contributed by atoms with Gasteiger partial charge in [-0.05, 0) is 24.6 Å². The number of hydrogen-bond acceptors (Lipinski definition) is 5. The van der Waals surface area contributed by atoms with E-state index in [1.807, 2.05) is 55.6 Å². The lowest BCUT2D eigenvalue weighted by Gasteiger charge is -2.19. The molecule has 7 heteroatoms. The normalized spacial score (nSPS) is 11.3. The molecule has 30 heavy (non-hydrogen) atoms. The quantitative estimate of drug-likeness (QED) is 0.452. The number of carbonyl (C=O) groups excluding carboxylic acids is 1. The Morgan fingerprint density at radius 1 is 0.967 bits per heavy atom. The van der Waals surface area contributed by atoms with Crippen LogP contribution < -0.4 is 0 Å². The molecular formula is C23H25N5O2. The zero-order valence-electron chi connectivity index (χ0n) is 17.2. The second-order valence-electron chi connectivity index (χ2n) is 7.45. The first-order chi connectivity index (χ1) is 14.6. The van der Waals surface area contributed by atoms with Crippen molar-refractivity contribution < 1.29 is 9.21 Å². The fourth-order valence-electron chi connectivity index (χ4n) is 3.45. The number of carbonyl (C=O) groups is 1. The van der Waals surface area contributed by atoms with Crippen LogP contribution in [0.2, 0.25) is 0 Å². The summed E-state index contributed by atoms with van der Waals surface area (Å²) in [4.78, 5) is 21.2. The van der Waals surface area contributed by atoms with E-state index in [0.717, 1.165) is 18.5 Å². The second kappa shape index (κ2) is 8.92. The van der Waals surface area contributed by atoms with E-state index in [1.54, 1.807) is 11.9 Å². The molecule has 1 amide bonds. The molecule has 0 N–H and O–H groups in total. The minimum Gasteiger partial charge on any atom is -0.425 e. The molecule has 0 aliphatic rings. The molecule has 4 rings (SSSR count). The summed E-state index contributed by atoms with van der Waals surface area (Å²) in [6.07, 6.45) is 2.32. The molecule has 2 aromatic carbocycles. The Bertz CT molecular complexity index is 1100. The van der Waals surface area contributed by atoms with Crippen molar-refractivity contribution >= 4 is 11.8 Å². The van der Waals surface area contributed by atoms with Gasteiger partial charge in [0.2, 0.25) is 0 Å². The average Bonchev–Trinajstić information content (AvgIpc) is 3.34. The van der Waals surface area contributed by atoms with Gasteiger partial charge in [0.15, 0.2) is 11.5 Å². The summed E-state index contributed by atoms with van der Waals surface area (Å²) in [6, 6.07) is 20.2. The Hall–Kier alpha value is -3.45. The predicted octanol–water partition coefficient (Wildman–Crippen LogP) is 3.27. The first-order valence-corrected chi connectivity index (χ1v) is 9.95. The zero-order valence-corrected chi connectivity index (χ0v) is 17.2. The van der Waals surface area contributed by atoms with Crippen molar-refractivity contribution in [2.45, 2.75) is 19.5 Å².